The highest BCUT2D eigenvalue weighted by atomic mass is 15.1. The number of aromatic nitrogens is 4. The molecule has 0 radical (unpaired) electrons. The lowest BCUT2D eigenvalue weighted by Gasteiger charge is -2.17. The zero-order chi connectivity index (χ0) is 32.6. The first kappa shape index (κ1) is 28.6. The first-order valence-corrected chi connectivity index (χ1v) is 16.5. The maximum absolute atomic E-state index is 5.16. The summed E-state index contributed by atoms with van der Waals surface area (Å²) in [6.07, 6.45) is 0. The van der Waals surface area contributed by atoms with Crippen molar-refractivity contribution >= 4 is 21.8 Å². The van der Waals surface area contributed by atoms with Crippen molar-refractivity contribution in [3.05, 3.63) is 182 Å². The van der Waals surface area contributed by atoms with Gasteiger partial charge in [0.05, 0.1) is 16.7 Å². The zero-order valence-corrected chi connectivity index (χ0v) is 26.6. The monoisotopic (exact) mass is 626 g/mol. The predicted octanol–water partition coefficient (Wildman–Crippen LogP) is 11.3. The first-order valence-electron chi connectivity index (χ1n) is 16.5. The van der Waals surface area contributed by atoms with E-state index >= 15 is 0 Å². The summed E-state index contributed by atoms with van der Waals surface area (Å²) < 4.78 is 2.38. The van der Waals surface area contributed by atoms with E-state index in [1.807, 2.05) is 60.7 Å². The molecule has 2 heterocycles. The molecule has 2 aromatic heterocycles. The molecule has 4 nitrogen and oxygen atoms in total. The van der Waals surface area contributed by atoms with Gasteiger partial charge in [0.2, 0.25) is 0 Å². The van der Waals surface area contributed by atoms with Gasteiger partial charge >= 0.3 is 0 Å². The molecule has 0 N–H and O–H groups in total. The van der Waals surface area contributed by atoms with Crippen LogP contribution in [0.4, 0.5) is 0 Å². The van der Waals surface area contributed by atoms with Gasteiger partial charge in [-0.2, -0.15) is 0 Å². The van der Waals surface area contributed by atoms with Crippen molar-refractivity contribution in [3.63, 3.8) is 0 Å². The summed E-state index contributed by atoms with van der Waals surface area (Å²) in [6.45, 7) is 0. The van der Waals surface area contributed by atoms with E-state index in [1.54, 1.807) is 0 Å². The van der Waals surface area contributed by atoms with E-state index in [1.165, 1.54) is 16.3 Å². The van der Waals surface area contributed by atoms with Gasteiger partial charge in [0.15, 0.2) is 17.5 Å². The minimum absolute atomic E-state index is 0.618. The van der Waals surface area contributed by atoms with Gasteiger partial charge in [-0.3, -0.25) is 0 Å². The minimum atomic E-state index is 0.618. The van der Waals surface area contributed by atoms with Crippen LogP contribution in [0.1, 0.15) is 0 Å². The number of benzene rings is 7. The summed E-state index contributed by atoms with van der Waals surface area (Å²) in [6, 6.07) is 63.4. The summed E-state index contributed by atoms with van der Waals surface area (Å²) in [5.41, 5.74) is 10.6. The summed E-state index contributed by atoms with van der Waals surface area (Å²) >= 11 is 0. The summed E-state index contributed by atoms with van der Waals surface area (Å²) in [5, 5.41) is 2.38. The Hall–Kier alpha value is -6.65. The topological polar surface area (TPSA) is 43.6 Å². The van der Waals surface area contributed by atoms with Crippen LogP contribution in [0.2, 0.25) is 0 Å². The molecule has 0 aliphatic heterocycles. The second-order valence-corrected chi connectivity index (χ2v) is 12.1. The van der Waals surface area contributed by atoms with Gasteiger partial charge < -0.3 is 4.57 Å². The van der Waals surface area contributed by atoms with Gasteiger partial charge in [0.25, 0.3) is 0 Å². The summed E-state index contributed by atoms with van der Waals surface area (Å²) in [5.74, 6) is 1.89. The highest BCUT2D eigenvalue weighted by Gasteiger charge is 2.20. The van der Waals surface area contributed by atoms with E-state index in [2.05, 4.69) is 126 Å². The van der Waals surface area contributed by atoms with Gasteiger partial charge in [0.1, 0.15) is 0 Å². The quantitative estimate of drug-likeness (QED) is 0.184. The van der Waals surface area contributed by atoms with Crippen molar-refractivity contribution in [1.29, 1.82) is 0 Å². The highest BCUT2D eigenvalue weighted by Crippen LogP contribution is 2.39. The Morgan fingerprint density at radius 1 is 0.306 bits per heavy atom. The molecule has 0 bridgehead atoms. The number of para-hydroxylation sites is 1. The molecule has 0 saturated carbocycles. The molecule has 0 atom stereocenters. The van der Waals surface area contributed by atoms with Gasteiger partial charge in [-0.15, -0.1) is 0 Å². The number of hydrogen-bond donors (Lipinski definition) is 0. The standard InChI is InChI=1S/C45H30N4/c1-5-15-31(16-6-1)35-25-27-38-37-23-13-14-24-40(37)49(41(38)29-35)42-30-36(32-17-7-2-8-18-32)26-28-39(42)45-47-43(33-19-9-3-10-20-33)46-44(48-45)34-21-11-4-12-22-34/h1-30H. The largest absolute Gasteiger partial charge is 0.308 e. The van der Waals surface area contributed by atoms with E-state index in [9.17, 15) is 0 Å². The lowest BCUT2D eigenvalue weighted by atomic mass is 10.0. The number of rotatable bonds is 6. The van der Waals surface area contributed by atoms with Crippen LogP contribution in [-0.2, 0) is 0 Å². The van der Waals surface area contributed by atoms with Crippen molar-refractivity contribution in [2.24, 2.45) is 0 Å². The van der Waals surface area contributed by atoms with Crippen LogP contribution in [0.15, 0.2) is 182 Å². The van der Waals surface area contributed by atoms with Crippen molar-refractivity contribution in [2.75, 3.05) is 0 Å². The molecule has 7 aromatic carbocycles. The molecule has 0 fully saturated rings. The summed E-state index contributed by atoms with van der Waals surface area (Å²) in [7, 11) is 0. The molecular formula is C45H30N4. The molecule has 0 aliphatic carbocycles. The average molecular weight is 627 g/mol. The second kappa shape index (κ2) is 12.2. The van der Waals surface area contributed by atoms with Gasteiger partial charge in [-0.1, -0.05) is 158 Å². The van der Waals surface area contributed by atoms with Crippen molar-refractivity contribution in [2.45, 2.75) is 0 Å². The van der Waals surface area contributed by atoms with E-state index in [0.717, 1.165) is 50.1 Å². The van der Waals surface area contributed by atoms with Crippen LogP contribution in [0.5, 0.6) is 0 Å². The Morgan fingerprint density at radius 3 is 1.35 bits per heavy atom. The van der Waals surface area contributed by atoms with Crippen LogP contribution >= 0.6 is 0 Å². The van der Waals surface area contributed by atoms with E-state index in [4.69, 9.17) is 15.0 Å². The van der Waals surface area contributed by atoms with Crippen LogP contribution in [0.3, 0.4) is 0 Å². The van der Waals surface area contributed by atoms with Crippen LogP contribution in [0, 0.1) is 0 Å². The van der Waals surface area contributed by atoms with Crippen LogP contribution < -0.4 is 0 Å². The predicted molar refractivity (Wildman–Crippen MR) is 201 cm³/mol. The Labute approximate surface area is 284 Å². The number of nitrogens with zero attached hydrogens (tertiary/aromatic N) is 4. The number of hydrogen-bond acceptors (Lipinski definition) is 3. The minimum Gasteiger partial charge on any atom is -0.308 e. The third kappa shape index (κ3) is 5.26. The van der Waals surface area contributed by atoms with E-state index < -0.39 is 0 Å². The van der Waals surface area contributed by atoms with E-state index in [-0.39, 0.29) is 0 Å². The molecule has 9 rings (SSSR count). The van der Waals surface area contributed by atoms with Crippen molar-refractivity contribution in [3.8, 4) is 62.1 Å². The Kier molecular flexibility index (Phi) is 7.10. The maximum Gasteiger partial charge on any atom is 0.166 e. The molecule has 230 valence electrons. The van der Waals surface area contributed by atoms with E-state index in [0.29, 0.717) is 17.5 Å². The van der Waals surface area contributed by atoms with Crippen LogP contribution in [-0.4, -0.2) is 19.5 Å². The normalized spacial score (nSPS) is 11.3. The fraction of sp³-hybridized carbons (Fsp3) is 0. The molecule has 0 amide bonds. The zero-order valence-electron chi connectivity index (χ0n) is 26.6. The molecule has 0 aliphatic rings. The molecule has 49 heavy (non-hydrogen) atoms. The van der Waals surface area contributed by atoms with Crippen LogP contribution in [0.25, 0.3) is 83.9 Å². The van der Waals surface area contributed by atoms with Crippen molar-refractivity contribution in [1.82, 2.24) is 19.5 Å². The Balaban J connectivity index is 1.36. The molecular weight excluding hydrogens is 597 g/mol. The van der Waals surface area contributed by atoms with Gasteiger partial charge in [-0.05, 0) is 46.5 Å². The third-order valence-electron chi connectivity index (χ3n) is 9.07. The Morgan fingerprint density at radius 2 is 0.755 bits per heavy atom. The maximum atomic E-state index is 5.16. The molecule has 0 unspecified atom stereocenters. The average Bonchev–Trinajstić information content (AvgIpc) is 3.52. The lowest BCUT2D eigenvalue weighted by Crippen LogP contribution is -2.04. The number of fused-ring (bicyclic) bond motifs is 3. The molecule has 0 spiro atoms. The smallest absolute Gasteiger partial charge is 0.166 e. The molecule has 4 heteroatoms. The Bertz CT molecular complexity index is 2520. The first-order chi connectivity index (χ1) is 24.3. The van der Waals surface area contributed by atoms with Gasteiger partial charge in [-0.25, -0.2) is 15.0 Å². The fourth-order valence-electron chi connectivity index (χ4n) is 6.69. The lowest BCUT2D eigenvalue weighted by molar-refractivity contribution is 1.06. The van der Waals surface area contributed by atoms with Gasteiger partial charge in [0, 0.05) is 27.5 Å². The fourth-order valence-corrected chi connectivity index (χ4v) is 6.69. The highest BCUT2D eigenvalue weighted by molar-refractivity contribution is 6.10. The second-order valence-electron chi connectivity index (χ2n) is 12.1. The summed E-state index contributed by atoms with van der Waals surface area (Å²) in [4.78, 5) is 15.3. The SMILES string of the molecule is c1ccc(-c2ccc(-c3nc(-c4ccccc4)nc(-c4ccccc4)n3)c(-n3c4ccccc4c4ccc(-c5ccccc5)cc43)c2)cc1. The third-order valence-corrected chi connectivity index (χ3v) is 9.07. The van der Waals surface area contributed by atoms with Crippen molar-refractivity contribution < 1.29 is 0 Å². The molecule has 0 saturated heterocycles. The molecule has 9 aromatic rings.